The average molecular weight is 409 g/mol. The van der Waals surface area contributed by atoms with Gasteiger partial charge in [-0.05, 0) is 55.9 Å². The fourth-order valence-electron chi connectivity index (χ4n) is 2.98. The summed E-state index contributed by atoms with van der Waals surface area (Å²) in [5.74, 6) is -0.211. The zero-order valence-electron chi connectivity index (χ0n) is 18.7. The molecule has 5 nitrogen and oxygen atoms in total. The monoisotopic (exact) mass is 408 g/mol. The predicted molar refractivity (Wildman–Crippen MR) is 128 cm³/mol. The minimum absolute atomic E-state index is 0.100. The number of ether oxygens (including phenoxy) is 1. The summed E-state index contributed by atoms with van der Waals surface area (Å²) in [5, 5.41) is 3.74. The van der Waals surface area contributed by atoms with Gasteiger partial charge in [-0.25, -0.2) is 0 Å². The van der Waals surface area contributed by atoms with E-state index in [1.54, 1.807) is 6.92 Å². The molecule has 0 spiro atoms. The number of aromatic amines is 1. The van der Waals surface area contributed by atoms with Crippen LogP contribution in [0.5, 0.6) is 0 Å². The molecule has 0 saturated heterocycles. The Balaban J connectivity index is 0.000000387. The van der Waals surface area contributed by atoms with Gasteiger partial charge in [0.15, 0.2) is 5.43 Å². The third kappa shape index (κ3) is 6.16. The van der Waals surface area contributed by atoms with Crippen molar-refractivity contribution in [2.75, 3.05) is 13.7 Å². The molecule has 0 bridgehead atoms. The van der Waals surface area contributed by atoms with Crippen LogP contribution in [0.2, 0.25) is 0 Å². The highest BCUT2D eigenvalue weighted by atomic mass is 16.5. The number of aryl methyl sites for hydroxylation is 1. The van der Waals surface area contributed by atoms with Crippen LogP contribution >= 0.6 is 0 Å². The van der Waals surface area contributed by atoms with E-state index in [2.05, 4.69) is 21.5 Å². The van der Waals surface area contributed by atoms with Crippen LogP contribution in [0.15, 0.2) is 59.4 Å². The SMILES string of the molecule is CC.CCOC(C)=O.CN.Cc1ccc2[nH]c3cc4ccccc4cc3c(=O)c2c1. The zero-order chi connectivity index (χ0) is 22.7. The summed E-state index contributed by atoms with van der Waals surface area (Å²) in [6, 6.07) is 18.1. The standard InChI is InChI=1S/C18H13NO.C4H8O2.C2H6.CH5N/c1-11-6-7-16-14(8-11)18(20)15-9-12-4-2-3-5-13(12)10-17(15)19-16;1-3-6-4(2)5;2*1-2/h2-10H,1H3,(H,19,20);3H2,1-2H3;1-2H3;2H2,1H3. The second-order valence-corrected chi connectivity index (χ2v) is 6.17. The second kappa shape index (κ2) is 12.4. The molecule has 1 heterocycles. The summed E-state index contributed by atoms with van der Waals surface area (Å²) in [6.45, 7) is 9.66. The maximum atomic E-state index is 12.7. The molecule has 4 aromatic rings. The minimum Gasteiger partial charge on any atom is -0.466 e. The number of esters is 1. The summed E-state index contributed by atoms with van der Waals surface area (Å²) < 4.78 is 4.40. The molecule has 1 aromatic heterocycles. The van der Waals surface area contributed by atoms with Crippen LogP contribution in [-0.4, -0.2) is 24.6 Å². The molecule has 0 saturated carbocycles. The molecule has 160 valence electrons. The Morgan fingerprint density at radius 1 is 0.933 bits per heavy atom. The van der Waals surface area contributed by atoms with Gasteiger partial charge in [0.2, 0.25) is 0 Å². The lowest BCUT2D eigenvalue weighted by molar-refractivity contribution is -0.140. The van der Waals surface area contributed by atoms with Gasteiger partial charge in [0, 0.05) is 23.2 Å². The minimum atomic E-state index is -0.211. The first-order valence-electron chi connectivity index (χ1n) is 10.2. The van der Waals surface area contributed by atoms with Crippen molar-refractivity contribution in [2.45, 2.75) is 34.6 Å². The molecule has 5 heteroatoms. The number of carbonyl (C=O) groups is 1. The molecule has 0 aliphatic rings. The van der Waals surface area contributed by atoms with Crippen LogP contribution in [0, 0.1) is 6.92 Å². The number of carbonyl (C=O) groups excluding carboxylic acids is 1. The Bertz CT molecular complexity index is 1160. The van der Waals surface area contributed by atoms with Gasteiger partial charge < -0.3 is 15.5 Å². The average Bonchev–Trinajstić information content (AvgIpc) is 2.76. The van der Waals surface area contributed by atoms with Crippen molar-refractivity contribution >= 4 is 38.5 Å². The largest absolute Gasteiger partial charge is 0.466 e. The molecule has 0 aliphatic carbocycles. The number of hydrogen-bond acceptors (Lipinski definition) is 4. The first-order chi connectivity index (χ1) is 14.5. The number of aromatic nitrogens is 1. The maximum absolute atomic E-state index is 12.7. The van der Waals surface area contributed by atoms with Crippen LogP contribution in [0.4, 0.5) is 0 Å². The molecule has 3 aromatic carbocycles. The van der Waals surface area contributed by atoms with Crippen molar-refractivity contribution in [3.8, 4) is 0 Å². The molecule has 0 fully saturated rings. The van der Waals surface area contributed by atoms with E-state index in [0.29, 0.717) is 6.61 Å². The number of hydrogen-bond donors (Lipinski definition) is 2. The van der Waals surface area contributed by atoms with Crippen LogP contribution in [0.3, 0.4) is 0 Å². The summed E-state index contributed by atoms with van der Waals surface area (Å²) >= 11 is 0. The Hall–Kier alpha value is -3.18. The molecule has 0 atom stereocenters. The molecule has 0 amide bonds. The summed E-state index contributed by atoms with van der Waals surface area (Å²) in [4.78, 5) is 25.9. The number of nitrogens with two attached hydrogens (primary N) is 1. The lowest BCUT2D eigenvalue weighted by Crippen LogP contribution is -2.04. The lowest BCUT2D eigenvalue weighted by atomic mass is 10.0. The van der Waals surface area contributed by atoms with E-state index < -0.39 is 0 Å². The number of rotatable bonds is 1. The van der Waals surface area contributed by atoms with Crippen molar-refractivity contribution in [2.24, 2.45) is 5.73 Å². The van der Waals surface area contributed by atoms with Gasteiger partial charge in [0.1, 0.15) is 0 Å². The number of pyridine rings is 1. The fraction of sp³-hybridized carbons (Fsp3) is 0.280. The van der Waals surface area contributed by atoms with E-state index in [9.17, 15) is 9.59 Å². The van der Waals surface area contributed by atoms with E-state index in [4.69, 9.17) is 0 Å². The Labute approximate surface area is 177 Å². The molecular weight excluding hydrogens is 376 g/mol. The summed E-state index contributed by atoms with van der Waals surface area (Å²) in [5.41, 5.74) is 7.49. The molecular formula is C25H32N2O3. The van der Waals surface area contributed by atoms with E-state index >= 15 is 0 Å². The molecule has 3 N–H and O–H groups in total. The normalized spacial score (nSPS) is 9.57. The third-order valence-electron chi connectivity index (χ3n) is 4.17. The number of nitrogens with one attached hydrogen (secondary N) is 1. The Morgan fingerprint density at radius 3 is 2.03 bits per heavy atom. The van der Waals surface area contributed by atoms with Crippen LogP contribution in [0.25, 0.3) is 32.6 Å². The zero-order valence-corrected chi connectivity index (χ0v) is 18.7. The van der Waals surface area contributed by atoms with Crippen LogP contribution < -0.4 is 11.2 Å². The fourth-order valence-corrected chi connectivity index (χ4v) is 2.98. The highest BCUT2D eigenvalue weighted by Gasteiger charge is 2.06. The number of fused-ring (bicyclic) bond motifs is 3. The van der Waals surface area contributed by atoms with Crippen molar-refractivity contribution in [3.63, 3.8) is 0 Å². The molecule has 0 unspecified atom stereocenters. The summed E-state index contributed by atoms with van der Waals surface area (Å²) in [7, 11) is 1.50. The van der Waals surface area contributed by atoms with E-state index in [0.717, 1.165) is 38.1 Å². The first kappa shape index (κ1) is 24.9. The maximum Gasteiger partial charge on any atom is 0.302 e. The van der Waals surface area contributed by atoms with Gasteiger partial charge in [-0.2, -0.15) is 0 Å². The lowest BCUT2D eigenvalue weighted by Gasteiger charge is -2.05. The smallest absolute Gasteiger partial charge is 0.302 e. The highest BCUT2D eigenvalue weighted by Crippen LogP contribution is 2.22. The van der Waals surface area contributed by atoms with Gasteiger partial charge in [0.25, 0.3) is 0 Å². The van der Waals surface area contributed by atoms with Crippen LogP contribution in [-0.2, 0) is 9.53 Å². The van der Waals surface area contributed by atoms with Gasteiger partial charge in [-0.15, -0.1) is 0 Å². The van der Waals surface area contributed by atoms with E-state index in [1.165, 1.54) is 14.0 Å². The van der Waals surface area contributed by atoms with Gasteiger partial charge in [-0.1, -0.05) is 49.7 Å². The van der Waals surface area contributed by atoms with E-state index in [1.807, 2.05) is 69.3 Å². The Morgan fingerprint density at radius 2 is 1.50 bits per heavy atom. The summed E-state index contributed by atoms with van der Waals surface area (Å²) in [6.07, 6.45) is 0. The van der Waals surface area contributed by atoms with Crippen molar-refractivity contribution < 1.29 is 9.53 Å². The third-order valence-corrected chi connectivity index (χ3v) is 4.17. The number of benzene rings is 3. The second-order valence-electron chi connectivity index (χ2n) is 6.17. The number of H-pyrrole nitrogens is 1. The van der Waals surface area contributed by atoms with Crippen molar-refractivity contribution in [1.29, 1.82) is 0 Å². The Kier molecular flexibility index (Phi) is 10.3. The molecule has 30 heavy (non-hydrogen) atoms. The van der Waals surface area contributed by atoms with Crippen LogP contribution in [0.1, 0.15) is 33.3 Å². The molecule has 0 radical (unpaired) electrons. The van der Waals surface area contributed by atoms with Crippen molar-refractivity contribution in [1.82, 2.24) is 4.98 Å². The molecule has 0 aliphatic heterocycles. The predicted octanol–water partition coefficient (Wildman–Crippen LogP) is 5.31. The van der Waals surface area contributed by atoms with Gasteiger partial charge in [-0.3, -0.25) is 9.59 Å². The van der Waals surface area contributed by atoms with Crippen molar-refractivity contribution in [3.05, 3.63) is 70.4 Å². The highest BCUT2D eigenvalue weighted by molar-refractivity contribution is 6.00. The topological polar surface area (TPSA) is 85.2 Å². The van der Waals surface area contributed by atoms with Gasteiger partial charge >= 0.3 is 5.97 Å². The first-order valence-corrected chi connectivity index (χ1v) is 10.2. The molecule has 4 rings (SSSR count). The quantitative estimate of drug-likeness (QED) is 0.330. The van der Waals surface area contributed by atoms with E-state index in [-0.39, 0.29) is 11.4 Å². The van der Waals surface area contributed by atoms with Gasteiger partial charge in [0.05, 0.1) is 12.1 Å².